The first-order chi connectivity index (χ1) is 18.1. The van der Waals surface area contributed by atoms with E-state index in [2.05, 4.69) is 44.6 Å². The molecule has 0 unspecified atom stereocenters. The number of carbonyl (C=O) groups is 1. The number of pyridine rings is 2. The second-order valence-corrected chi connectivity index (χ2v) is 11.7. The van der Waals surface area contributed by atoms with Crippen LogP contribution in [0.15, 0.2) is 30.9 Å². The number of hydrogen-bond acceptors (Lipinski definition) is 6. The van der Waals surface area contributed by atoms with Gasteiger partial charge in [0.1, 0.15) is 23.5 Å². The number of alkyl halides is 2. The molecule has 0 atom stereocenters. The van der Waals surface area contributed by atoms with Gasteiger partial charge < -0.3 is 15.2 Å². The number of carbonyl (C=O) groups excluding carboxylic acids is 1. The third-order valence-corrected chi connectivity index (χ3v) is 8.73. The molecule has 1 amide bonds. The highest BCUT2D eigenvalue weighted by Crippen LogP contribution is 2.51. The van der Waals surface area contributed by atoms with Crippen LogP contribution in [0.4, 0.5) is 14.5 Å². The van der Waals surface area contributed by atoms with Gasteiger partial charge in [-0.2, -0.15) is 8.78 Å². The first-order valence-electron chi connectivity index (χ1n) is 13.4. The first kappa shape index (κ1) is 25.0. The summed E-state index contributed by atoms with van der Waals surface area (Å²) in [5.74, 6) is -2.18. The molecular weight excluding hydrogens is 488 g/mol. The van der Waals surface area contributed by atoms with Gasteiger partial charge in [-0.15, -0.1) is 10.2 Å². The van der Waals surface area contributed by atoms with Crippen LogP contribution in [0.5, 0.6) is 0 Å². The van der Waals surface area contributed by atoms with E-state index in [-0.39, 0.29) is 35.2 Å². The number of anilines is 1. The first-order valence-corrected chi connectivity index (χ1v) is 13.4. The fourth-order valence-electron chi connectivity index (χ4n) is 6.43. The standard InChI is InChI=1S/C28H33F2N7O/c1-17-11-27(12-17,25-36-33-16-37(25)3)19-10-20(15-31-14-19)34-24(38)22-9-18(13-32-26(2)6-4-7-26)21-5-8-28(29,30)23(21)35-22/h9-10,14-17,32H,4-8,11-13H2,1-3H3,(H,34,38). The molecule has 3 aliphatic carbocycles. The van der Waals surface area contributed by atoms with E-state index in [4.69, 9.17) is 0 Å². The smallest absolute Gasteiger partial charge is 0.290 e. The van der Waals surface area contributed by atoms with Crippen molar-refractivity contribution in [3.05, 3.63) is 64.8 Å². The molecule has 38 heavy (non-hydrogen) atoms. The molecule has 10 heteroatoms. The van der Waals surface area contributed by atoms with Crippen LogP contribution in [-0.2, 0) is 31.4 Å². The fourth-order valence-corrected chi connectivity index (χ4v) is 6.43. The zero-order chi connectivity index (χ0) is 26.7. The minimum Gasteiger partial charge on any atom is -0.320 e. The van der Waals surface area contributed by atoms with Crippen LogP contribution in [0.3, 0.4) is 0 Å². The molecule has 3 aromatic heterocycles. The number of halogens is 2. The number of rotatable bonds is 7. The van der Waals surface area contributed by atoms with Gasteiger partial charge in [-0.3, -0.25) is 9.78 Å². The van der Waals surface area contributed by atoms with E-state index < -0.39 is 11.8 Å². The predicted octanol–water partition coefficient (Wildman–Crippen LogP) is 4.64. The van der Waals surface area contributed by atoms with Crippen LogP contribution in [-0.4, -0.2) is 36.2 Å². The molecule has 0 bridgehead atoms. The Morgan fingerprint density at radius 3 is 2.63 bits per heavy atom. The summed E-state index contributed by atoms with van der Waals surface area (Å²) in [5.41, 5.74) is 2.13. The van der Waals surface area contributed by atoms with Gasteiger partial charge in [0, 0.05) is 31.7 Å². The van der Waals surface area contributed by atoms with Crippen molar-refractivity contribution in [1.29, 1.82) is 0 Å². The number of fused-ring (bicyclic) bond motifs is 1. The normalized spacial score (nSPS) is 24.8. The summed E-state index contributed by atoms with van der Waals surface area (Å²) in [4.78, 5) is 21.9. The topological polar surface area (TPSA) is 97.6 Å². The monoisotopic (exact) mass is 521 g/mol. The van der Waals surface area contributed by atoms with E-state index in [1.807, 2.05) is 17.7 Å². The third kappa shape index (κ3) is 4.19. The summed E-state index contributed by atoms with van der Waals surface area (Å²) in [7, 11) is 1.92. The van der Waals surface area contributed by atoms with E-state index in [9.17, 15) is 13.6 Å². The van der Waals surface area contributed by atoms with Crippen molar-refractivity contribution >= 4 is 11.6 Å². The van der Waals surface area contributed by atoms with Crippen molar-refractivity contribution in [1.82, 2.24) is 30.0 Å². The van der Waals surface area contributed by atoms with Crippen molar-refractivity contribution in [3.8, 4) is 0 Å². The summed E-state index contributed by atoms with van der Waals surface area (Å²) < 4.78 is 31.4. The van der Waals surface area contributed by atoms with Crippen LogP contribution < -0.4 is 10.6 Å². The zero-order valence-corrected chi connectivity index (χ0v) is 22.0. The lowest BCUT2D eigenvalue weighted by Gasteiger charge is -2.45. The molecule has 3 aliphatic rings. The number of amides is 1. The minimum absolute atomic E-state index is 0.00780. The quantitative estimate of drug-likeness (QED) is 0.470. The van der Waals surface area contributed by atoms with E-state index in [1.54, 1.807) is 24.8 Å². The molecule has 0 radical (unpaired) electrons. The molecule has 0 aliphatic heterocycles. The van der Waals surface area contributed by atoms with Crippen molar-refractivity contribution in [2.24, 2.45) is 13.0 Å². The molecule has 3 aromatic rings. The van der Waals surface area contributed by atoms with Gasteiger partial charge in [-0.1, -0.05) is 6.92 Å². The Balaban J connectivity index is 1.28. The van der Waals surface area contributed by atoms with Crippen molar-refractivity contribution in [2.75, 3.05) is 5.32 Å². The molecule has 8 nitrogen and oxygen atoms in total. The lowest BCUT2D eigenvalue weighted by Crippen LogP contribution is -2.47. The lowest BCUT2D eigenvalue weighted by atomic mass is 9.59. The van der Waals surface area contributed by atoms with Crippen LogP contribution in [0.2, 0.25) is 0 Å². The van der Waals surface area contributed by atoms with Gasteiger partial charge in [0.2, 0.25) is 0 Å². The Hall–Kier alpha value is -3.27. The van der Waals surface area contributed by atoms with Crippen LogP contribution in [0.1, 0.15) is 91.1 Å². The molecule has 0 aromatic carbocycles. The number of nitrogens with one attached hydrogen (secondary N) is 2. The van der Waals surface area contributed by atoms with Gasteiger partial charge >= 0.3 is 0 Å². The molecule has 0 spiro atoms. The highest BCUT2D eigenvalue weighted by atomic mass is 19.3. The third-order valence-electron chi connectivity index (χ3n) is 8.73. The summed E-state index contributed by atoms with van der Waals surface area (Å²) in [6.07, 6.45) is 10.1. The number of nitrogens with zero attached hydrogens (tertiary/aromatic N) is 5. The van der Waals surface area contributed by atoms with Gasteiger partial charge in [0.25, 0.3) is 11.8 Å². The van der Waals surface area contributed by atoms with Gasteiger partial charge in [0.05, 0.1) is 17.3 Å². The SMILES string of the molecule is CC1CC(c2cncc(NC(=O)c3cc(CNC4(C)CCC4)c4c(n3)C(F)(F)CC4)c2)(c2nncn2C)C1. The number of aryl methyl sites for hydroxylation is 1. The number of aromatic nitrogens is 5. The summed E-state index contributed by atoms with van der Waals surface area (Å²) in [6, 6.07) is 3.56. The molecule has 0 saturated heterocycles. The fraction of sp³-hybridized carbons (Fsp3) is 0.536. The molecular formula is C28H33F2N7O. The van der Waals surface area contributed by atoms with Gasteiger partial charge in [0.15, 0.2) is 0 Å². The summed E-state index contributed by atoms with van der Waals surface area (Å²) in [5, 5.41) is 14.8. The maximum atomic E-state index is 14.7. The highest BCUT2D eigenvalue weighted by Gasteiger charge is 2.48. The molecule has 6 rings (SSSR count). The highest BCUT2D eigenvalue weighted by molar-refractivity contribution is 6.03. The van der Waals surface area contributed by atoms with Crippen LogP contribution in [0, 0.1) is 5.92 Å². The largest absolute Gasteiger partial charge is 0.320 e. The minimum atomic E-state index is -3.04. The Labute approximate surface area is 220 Å². The van der Waals surface area contributed by atoms with Crippen molar-refractivity contribution in [3.63, 3.8) is 0 Å². The van der Waals surface area contributed by atoms with E-state index in [0.29, 0.717) is 23.7 Å². The summed E-state index contributed by atoms with van der Waals surface area (Å²) in [6.45, 7) is 4.78. The average molecular weight is 522 g/mol. The van der Waals surface area contributed by atoms with Gasteiger partial charge in [-0.05, 0) is 80.2 Å². The summed E-state index contributed by atoms with van der Waals surface area (Å²) >= 11 is 0. The second kappa shape index (κ2) is 8.90. The Morgan fingerprint density at radius 2 is 1.97 bits per heavy atom. The molecule has 200 valence electrons. The predicted molar refractivity (Wildman–Crippen MR) is 138 cm³/mol. The zero-order valence-electron chi connectivity index (χ0n) is 22.0. The second-order valence-electron chi connectivity index (χ2n) is 11.7. The molecule has 3 heterocycles. The molecule has 2 fully saturated rings. The van der Waals surface area contributed by atoms with Crippen LogP contribution in [0.25, 0.3) is 0 Å². The average Bonchev–Trinajstić information content (AvgIpc) is 3.41. The van der Waals surface area contributed by atoms with E-state index in [0.717, 1.165) is 49.1 Å². The van der Waals surface area contributed by atoms with E-state index >= 15 is 0 Å². The van der Waals surface area contributed by atoms with Gasteiger partial charge in [-0.25, -0.2) is 4.98 Å². The van der Waals surface area contributed by atoms with Crippen molar-refractivity contribution in [2.45, 2.75) is 82.2 Å². The van der Waals surface area contributed by atoms with Crippen molar-refractivity contribution < 1.29 is 13.6 Å². The van der Waals surface area contributed by atoms with E-state index in [1.165, 1.54) is 0 Å². The lowest BCUT2D eigenvalue weighted by molar-refractivity contribution is -0.00602. The molecule has 2 saturated carbocycles. The molecule has 2 N–H and O–H groups in total. The Bertz CT molecular complexity index is 1390. The van der Waals surface area contributed by atoms with Crippen LogP contribution >= 0.6 is 0 Å². The Kier molecular flexibility index (Phi) is 5.86. The Morgan fingerprint density at radius 1 is 1.18 bits per heavy atom. The maximum Gasteiger partial charge on any atom is 0.290 e. The number of hydrogen-bond donors (Lipinski definition) is 2. The maximum absolute atomic E-state index is 14.7.